The van der Waals surface area contributed by atoms with Crippen LogP contribution < -0.4 is 26.0 Å². The quantitative estimate of drug-likeness (QED) is 0.658. The summed E-state index contributed by atoms with van der Waals surface area (Å²) >= 11 is 11.8. The van der Waals surface area contributed by atoms with Crippen molar-refractivity contribution in [1.29, 1.82) is 0 Å². The summed E-state index contributed by atoms with van der Waals surface area (Å²) in [5.41, 5.74) is -0.597. The molecule has 4 rings (SSSR count). The molecule has 148 valence electrons. The minimum absolute atomic E-state index is 0.0430. The number of ether oxygens (including phenoxy) is 2. The van der Waals surface area contributed by atoms with Gasteiger partial charge in [-0.05, 0) is 35.9 Å². The summed E-state index contributed by atoms with van der Waals surface area (Å²) in [5.74, 6) is 0.425. The molecule has 0 radical (unpaired) electrons. The van der Waals surface area contributed by atoms with Gasteiger partial charge in [-0.3, -0.25) is 14.2 Å². The highest BCUT2D eigenvalue weighted by molar-refractivity contribution is 6.42. The summed E-state index contributed by atoms with van der Waals surface area (Å²) in [5, 5.41) is 3.15. The minimum Gasteiger partial charge on any atom is -0.454 e. The zero-order valence-corrected chi connectivity index (χ0v) is 16.2. The number of aromatic nitrogens is 2. The van der Waals surface area contributed by atoms with Gasteiger partial charge in [0.05, 0.1) is 16.6 Å². The average Bonchev–Trinajstić information content (AvgIpc) is 3.16. The number of H-pyrrole nitrogens is 1. The third-order valence-electron chi connectivity index (χ3n) is 4.26. The number of rotatable bonds is 4. The Morgan fingerprint density at radius 1 is 1.07 bits per heavy atom. The van der Waals surface area contributed by atoms with Crippen LogP contribution in [-0.2, 0) is 6.54 Å². The average molecular weight is 434 g/mol. The van der Waals surface area contributed by atoms with Gasteiger partial charge in [0.2, 0.25) is 6.79 Å². The molecule has 2 heterocycles. The van der Waals surface area contributed by atoms with Crippen molar-refractivity contribution in [2.75, 3.05) is 12.1 Å². The van der Waals surface area contributed by atoms with E-state index in [0.29, 0.717) is 27.8 Å². The SMILES string of the molecule is O=C(Nc1ccc(Cl)c(Cl)c1)c1c[nH]c(=O)n(Cc2ccc3c(c2)OCO3)c1=O. The normalized spacial score (nSPS) is 12.1. The van der Waals surface area contributed by atoms with E-state index in [2.05, 4.69) is 10.3 Å². The van der Waals surface area contributed by atoms with E-state index >= 15 is 0 Å². The van der Waals surface area contributed by atoms with Gasteiger partial charge in [-0.25, -0.2) is 4.79 Å². The van der Waals surface area contributed by atoms with Crippen molar-refractivity contribution in [1.82, 2.24) is 9.55 Å². The van der Waals surface area contributed by atoms with E-state index in [-0.39, 0.29) is 23.9 Å². The van der Waals surface area contributed by atoms with Gasteiger partial charge in [-0.2, -0.15) is 0 Å². The summed E-state index contributed by atoms with van der Waals surface area (Å²) in [6, 6.07) is 9.60. The Morgan fingerprint density at radius 2 is 1.86 bits per heavy atom. The number of fused-ring (bicyclic) bond motifs is 1. The molecule has 8 nitrogen and oxygen atoms in total. The Balaban J connectivity index is 1.62. The standard InChI is InChI=1S/C19H13Cl2N3O5/c20-13-3-2-11(6-14(13)21)23-17(25)12-7-22-19(27)24(18(12)26)8-10-1-4-15-16(5-10)29-9-28-15/h1-7H,8-9H2,(H,22,27)(H,23,25). The number of carbonyl (C=O) groups excluding carboxylic acids is 1. The first-order valence-electron chi connectivity index (χ1n) is 8.40. The number of aromatic amines is 1. The highest BCUT2D eigenvalue weighted by Crippen LogP contribution is 2.32. The van der Waals surface area contributed by atoms with Crippen LogP contribution in [0.3, 0.4) is 0 Å². The molecule has 1 aromatic heterocycles. The van der Waals surface area contributed by atoms with Gasteiger partial charge in [0.25, 0.3) is 11.5 Å². The lowest BCUT2D eigenvalue weighted by Gasteiger charge is -2.09. The molecule has 10 heteroatoms. The van der Waals surface area contributed by atoms with E-state index in [1.165, 1.54) is 12.1 Å². The first-order valence-corrected chi connectivity index (χ1v) is 9.15. The van der Waals surface area contributed by atoms with Crippen molar-refractivity contribution < 1.29 is 14.3 Å². The van der Waals surface area contributed by atoms with Gasteiger partial charge in [-0.1, -0.05) is 29.3 Å². The number of hydrogen-bond donors (Lipinski definition) is 2. The van der Waals surface area contributed by atoms with E-state index in [1.54, 1.807) is 24.3 Å². The third kappa shape index (κ3) is 3.85. The predicted molar refractivity (Wildman–Crippen MR) is 107 cm³/mol. The zero-order chi connectivity index (χ0) is 20.5. The molecule has 0 saturated carbocycles. The summed E-state index contributed by atoms with van der Waals surface area (Å²) in [6.07, 6.45) is 1.08. The number of benzene rings is 2. The zero-order valence-electron chi connectivity index (χ0n) is 14.7. The summed E-state index contributed by atoms with van der Waals surface area (Å²) in [7, 11) is 0. The number of anilines is 1. The molecule has 0 aliphatic carbocycles. The van der Waals surface area contributed by atoms with Crippen LogP contribution in [0.2, 0.25) is 10.0 Å². The first-order chi connectivity index (χ1) is 13.9. The van der Waals surface area contributed by atoms with Crippen LogP contribution in [0.1, 0.15) is 15.9 Å². The van der Waals surface area contributed by atoms with Crippen molar-refractivity contribution >= 4 is 34.8 Å². The van der Waals surface area contributed by atoms with E-state index in [1.807, 2.05) is 0 Å². The van der Waals surface area contributed by atoms with Gasteiger partial charge in [0.1, 0.15) is 5.56 Å². The maximum absolute atomic E-state index is 12.8. The number of carbonyl (C=O) groups is 1. The Hall–Kier alpha value is -3.23. The Kier molecular flexibility index (Phi) is 5.04. The fourth-order valence-electron chi connectivity index (χ4n) is 2.81. The van der Waals surface area contributed by atoms with Crippen LogP contribution in [0.5, 0.6) is 11.5 Å². The molecular formula is C19H13Cl2N3O5. The fourth-order valence-corrected chi connectivity index (χ4v) is 3.11. The number of amides is 1. The van der Waals surface area contributed by atoms with E-state index in [0.717, 1.165) is 10.8 Å². The molecular weight excluding hydrogens is 421 g/mol. The minimum atomic E-state index is -0.732. The number of hydrogen-bond acceptors (Lipinski definition) is 5. The monoisotopic (exact) mass is 433 g/mol. The number of nitrogens with one attached hydrogen (secondary N) is 2. The second-order valence-corrected chi connectivity index (χ2v) is 6.98. The van der Waals surface area contributed by atoms with Crippen molar-refractivity contribution in [3.63, 3.8) is 0 Å². The van der Waals surface area contributed by atoms with E-state index in [4.69, 9.17) is 32.7 Å². The largest absolute Gasteiger partial charge is 0.454 e. The molecule has 0 saturated heterocycles. The molecule has 1 aliphatic heterocycles. The predicted octanol–water partition coefficient (Wildman–Crippen LogP) is 2.87. The van der Waals surface area contributed by atoms with Gasteiger partial charge in [-0.15, -0.1) is 0 Å². The summed E-state index contributed by atoms with van der Waals surface area (Å²) in [4.78, 5) is 39.9. The van der Waals surface area contributed by atoms with Gasteiger partial charge in [0, 0.05) is 11.9 Å². The molecule has 0 unspecified atom stereocenters. The highest BCUT2D eigenvalue weighted by Gasteiger charge is 2.17. The molecule has 2 aromatic carbocycles. The van der Waals surface area contributed by atoms with Gasteiger partial charge in [0.15, 0.2) is 11.5 Å². The second-order valence-electron chi connectivity index (χ2n) is 6.17. The van der Waals surface area contributed by atoms with Crippen molar-refractivity contribution in [2.24, 2.45) is 0 Å². The summed E-state index contributed by atoms with van der Waals surface area (Å²) in [6.45, 7) is 0.0718. The molecule has 3 aromatic rings. The lowest BCUT2D eigenvalue weighted by atomic mass is 10.2. The second kappa shape index (κ2) is 7.65. The van der Waals surface area contributed by atoms with Crippen LogP contribution in [0.15, 0.2) is 52.2 Å². The van der Waals surface area contributed by atoms with Crippen LogP contribution in [0.4, 0.5) is 5.69 Å². The van der Waals surface area contributed by atoms with Gasteiger partial charge >= 0.3 is 5.69 Å². The van der Waals surface area contributed by atoms with Crippen LogP contribution in [-0.4, -0.2) is 22.3 Å². The first kappa shape index (κ1) is 19.1. The van der Waals surface area contributed by atoms with E-state index < -0.39 is 17.2 Å². The maximum atomic E-state index is 12.8. The van der Waals surface area contributed by atoms with Crippen molar-refractivity contribution in [3.8, 4) is 11.5 Å². The lowest BCUT2D eigenvalue weighted by Crippen LogP contribution is -2.39. The topological polar surface area (TPSA) is 102 Å². The Morgan fingerprint density at radius 3 is 2.66 bits per heavy atom. The Bertz CT molecular complexity index is 1240. The maximum Gasteiger partial charge on any atom is 0.328 e. The van der Waals surface area contributed by atoms with Crippen LogP contribution >= 0.6 is 23.2 Å². The molecule has 1 amide bonds. The molecule has 29 heavy (non-hydrogen) atoms. The highest BCUT2D eigenvalue weighted by atomic mass is 35.5. The lowest BCUT2D eigenvalue weighted by molar-refractivity contribution is 0.102. The van der Waals surface area contributed by atoms with Crippen molar-refractivity contribution in [2.45, 2.75) is 6.54 Å². The van der Waals surface area contributed by atoms with Crippen LogP contribution in [0, 0.1) is 0 Å². The van der Waals surface area contributed by atoms with Gasteiger partial charge < -0.3 is 19.8 Å². The van der Waals surface area contributed by atoms with Crippen molar-refractivity contribution in [3.05, 3.63) is 84.6 Å². The fraction of sp³-hybridized carbons (Fsp3) is 0.105. The van der Waals surface area contributed by atoms with Crippen LogP contribution in [0.25, 0.3) is 0 Å². The number of halogens is 2. The third-order valence-corrected chi connectivity index (χ3v) is 5.00. The molecule has 2 N–H and O–H groups in total. The smallest absolute Gasteiger partial charge is 0.328 e. The molecule has 1 aliphatic rings. The molecule has 0 spiro atoms. The Labute approximate surface area is 173 Å². The molecule has 0 bridgehead atoms. The molecule has 0 atom stereocenters. The molecule has 0 fully saturated rings. The van der Waals surface area contributed by atoms with E-state index in [9.17, 15) is 14.4 Å². The number of nitrogens with zero attached hydrogens (tertiary/aromatic N) is 1. The summed E-state index contributed by atoms with van der Waals surface area (Å²) < 4.78 is 11.5.